The van der Waals surface area contributed by atoms with E-state index in [9.17, 15) is 14.4 Å². The highest BCUT2D eigenvalue weighted by Gasteiger charge is 2.26. The molecule has 2 aliphatic rings. The summed E-state index contributed by atoms with van der Waals surface area (Å²) < 4.78 is 13.8. The average molecular weight is 523 g/mol. The van der Waals surface area contributed by atoms with E-state index in [4.69, 9.17) is 9.47 Å². The lowest BCUT2D eigenvalue weighted by Crippen LogP contribution is -2.34. The number of carbonyl (C=O) groups is 3. The second-order valence-corrected chi connectivity index (χ2v) is 11.3. The number of carbonyl (C=O) groups excluding carboxylic acids is 3. The van der Waals surface area contributed by atoms with Gasteiger partial charge in [-0.15, -0.1) is 0 Å². The molecule has 2 aliphatic heterocycles. The number of hydrogen-bond donors (Lipinski definition) is 1. The molecule has 0 saturated heterocycles. The molecule has 0 radical (unpaired) electrons. The highest BCUT2D eigenvalue weighted by atomic mass is 16.8. The monoisotopic (exact) mass is 522 g/mol. The number of benzene rings is 2. The number of ether oxygens (including phenoxy) is 3. The van der Waals surface area contributed by atoms with Gasteiger partial charge in [-0.05, 0) is 76.3 Å². The molecule has 0 aromatic heterocycles. The number of hydrogen-bond acceptors (Lipinski definition) is 7. The minimum atomic E-state index is -1.06. The van der Waals surface area contributed by atoms with Crippen LogP contribution in [0.1, 0.15) is 69.4 Å². The number of amides is 1. The van der Waals surface area contributed by atoms with E-state index in [-0.39, 0.29) is 5.91 Å². The number of fused-ring (bicyclic) bond motifs is 2. The summed E-state index contributed by atoms with van der Waals surface area (Å²) in [7, 11) is 0. The number of rotatable bonds is 2. The molecule has 2 aromatic carbocycles. The molecule has 1 N–H and O–H groups in total. The van der Waals surface area contributed by atoms with Crippen molar-refractivity contribution in [3.63, 3.8) is 0 Å². The first-order valence-corrected chi connectivity index (χ1v) is 12.8. The maximum absolute atomic E-state index is 12.3. The minimum Gasteiger partial charge on any atom is -0.428 e. The van der Waals surface area contributed by atoms with Crippen LogP contribution in [-0.2, 0) is 20.8 Å². The van der Waals surface area contributed by atoms with Crippen LogP contribution in [-0.4, -0.2) is 54.0 Å². The van der Waals surface area contributed by atoms with E-state index >= 15 is 0 Å². The largest absolute Gasteiger partial charge is 0.519 e. The molecule has 0 fully saturated rings. The molecule has 204 valence electrons. The Morgan fingerprint density at radius 2 is 1.39 bits per heavy atom. The van der Waals surface area contributed by atoms with Crippen LogP contribution in [0.4, 0.5) is 9.59 Å². The van der Waals surface area contributed by atoms with E-state index < -0.39 is 23.5 Å². The van der Waals surface area contributed by atoms with E-state index in [1.165, 1.54) is 16.7 Å². The molecule has 8 heteroatoms. The third-order valence-electron chi connectivity index (χ3n) is 5.67. The normalized spacial score (nSPS) is 15.6. The van der Waals surface area contributed by atoms with Crippen molar-refractivity contribution in [3.05, 3.63) is 76.9 Å². The van der Waals surface area contributed by atoms with Crippen LogP contribution in [0.25, 0.3) is 5.57 Å². The summed E-state index contributed by atoms with van der Waals surface area (Å²) in [5.74, 6) is 0.0459. The van der Waals surface area contributed by atoms with E-state index in [2.05, 4.69) is 51.4 Å². The Morgan fingerprint density at radius 3 is 1.97 bits per heavy atom. The number of nitrogens with zero attached hydrogens (tertiary/aromatic N) is 1. The quantitative estimate of drug-likeness (QED) is 0.384. The first-order chi connectivity index (χ1) is 17.8. The number of nitrogens with one attached hydrogen (secondary N) is 1. The third kappa shape index (κ3) is 9.03. The van der Waals surface area contributed by atoms with Crippen molar-refractivity contribution in [3.8, 4) is 0 Å². The second-order valence-electron chi connectivity index (χ2n) is 11.3. The maximum atomic E-state index is 12.3. The molecule has 0 saturated carbocycles. The molecular weight excluding hydrogens is 484 g/mol. The first-order valence-electron chi connectivity index (χ1n) is 12.8. The van der Waals surface area contributed by atoms with Gasteiger partial charge in [0.1, 0.15) is 11.2 Å². The zero-order valence-corrected chi connectivity index (χ0v) is 23.1. The molecule has 4 rings (SSSR count). The zero-order valence-electron chi connectivity index (χ0n) is 23.1. The molecule has 2 heterocycles. The molecule has 1 amide bonds. The smallest absolute Gasteiger partial charge is 0.428 e. The lowest BCUT2D eigenvalue weighted by molar-refractivity contribution is -0.0293. The van der Waals surface area contributed by atoms with Crippen molar-refractivity contribution >= 4 is 23.8 Å². The predicted octanol–water partition coefficient (Wildman–Crippen LogP) is 5.96. The van der Waals surface area contributed by atoms with Crippen molar-refractivity contribution in [2.45, 2.75) is 65.7 Å². The summed E-state index contributed by atoms with van der Waals surface area (Å²) in [6.07, 6.45) is -1.11. The SMILES string of the molecule is CC(C)(C)OC(=O)OC(=O)OC(C)(C)C.O=C1NCC2=C(CCN(Cc3ccccc3)C2)c2ccccc21. The van der Waals surface area contributed by atoms with Crippen molar-refractivity contribution in [1.29, 1.82) is 0 Å². The summed E-state index contributed by atoms with van der Waals surface area (Å²) in [6, 6.07) is 18.6. The second kappa shape index (κ2) is 12.3. The average Bonchev–Trinajstić information content (AvgIpc) is 2.94. The lowest BCUT2D eigenvalue weighted by atomic mass is 9.91. The van der Waals surface area contributed by atoms with Crippen molar-refractivity contribution in [2.24, 2.45) is 0 Å². The van der Waals surface area contributed by atoms with Gasteiger partial charge in [0.15, 0.2) is 0 Å². The molecule has 0 aliphatic carbocycles. The van der Waals surface area contributed by atoms with E-state index in [1.807, 2.05) is 18.2 Å². The van der Waals surface area contributed by atoms with Crippen molar-refractivity contribution in [2.75, 3.05) is 19.6 Å². The Balaban J connectivity index is 0.000000234. The summed E-state index contributed by atoms with van der Waals surface area (Å²) in [5, 5.41) is 3.06. The summed E-state index contributed by atoms with van der Waals surface area (Å²) in [6.45, 7) is 13.6. The van der Waals surface area contributed by atoms with Gasteiger partial charge in [0.2, 0.25) is 0 Å². The van der Waals surface area contributed by atoms with Crippen LogP contribution in [0, 0.1) is 0 Å². The Labute approximate surface area is 224 Å². The van der Waals surface area contributed by atoms with Gasteiger partial charge in [-0.3, -0.25) is 9.69 Å². The summed E-state index contributed by atoms with van der Waals surface area (Å²) in [4.78, 5) is 36.8. The Bertz CT molecular complexity index is 1150. The molecule has 0 unspecified atom stereocenters. The van der Waals surface area contributed by atoms with Crippen LogP contribution in [0.15, 0.2) is 60.2 Å². The van der Waals surface area contributed by atoms with Crippen LogP contribution in [0.2, 0.25) is 0 Å². The van der Waals surface area contributed by atoms with E-state index in [0.29, 0.717) is 6.54 Å². The van der Waals surface area contributed by atoms with Crippen LogP contribution < -0.4 is 5.32 Å². The fourth-order valence-corrected chi connectivity index (χ4v) is 4.19. The molecule has 38 heavy (non-hydrogen) atoms. The fourth-order valence-electron chi connectivity index (χ4n) is 4.19. The molecule has 0 spiro atoms. The molecule has 0 bridgehead atoms. The van der Waals surface area contributed by atoms with Crippen molar-refractivity contribution < 1.29 is 28.6 Å². The van der Waals surface area contributed by atoms with Gasteiger partial charge in [-0.2, -0.15) is 0 Å². The fraction of sp³-hybridized carbons (Fsp3) is 0.433. The standard InChI is InChI=1S/C20H20N2O.C10H18O5/c23-20-19-9-5-4-8-18(19)17-10-11-22(14-16(17)12-21-20)13-15-6-2-1-3-7-15;1-9(2,3)14-7(11)13-8(12)15-10(4,5)6/h1-9H,10-14H2,(H,21,23);1-6H3. The van der Waals surface area contributed by atoms with Crippen LogP contribution in [0.5, 0.6) is 0 Å². The highest BCUT2D eigenvalue weighted by Crippen LogP contribution is 2.32. The Morgan fingerprint density at radius 1 is 0.842 bits per heavy atom. The molecular formula is C30H38N2O6. The van der Waals surface area contributed by atoms with E-state index in [1.54, 1.807) is 41.5 Å². The van der Waals surface area contributed by atoms with Crippen LogP contribution in [0.3, 0.4) is 0 Å². The first kappa shape index (κ1) is 28.9. The highest BCUT2D eigenvalue weighted by molar-refractivity contribution is 6.01. The Kier molecular flexibility index (Phi) is 9.33. The Hall–Kier alpha value is -3.65. The topological polar surface area (TPSA) is 94.2 Å². The van der Waals surface area contributed by atoms with Gasteiger partial charge in [0.05, 0.1) is 0 Å². The van der Waals surface area contributed by atoms with E-state index in [0.717, 1.165) is 37.2 Å². The van der Waals surface area contributed by atoms with Gasteiger partial charge in [0.25, 0.3) is 5.91 Å². The molecule has 2 aromatic rings. The van der Waals surface area contributed by atoms with Gasteiger partial charge in [-0.25, -0.2) is 9.59 Å². The maximum Gasteiger partial charge on any atom is 0.519 e. The molecule has 8 nitrogen and oxygen atoms in total. The minimum absolute atomic E-state index is 0.0459. The van der Waals surface area contributed by atoms with Gasteiger partial charge >= 0.3 is 12.3 Å². The summed E-state index contributed by atoms with van der Waals surface area (Å²) >= 11 is 0. The predicted molar refractivity (Wildman–Crippen MR) is 146 cm³/mol. The molecule has 0 atom stereocenters. The third-order valence-corrected chi connectivity index (χ3v) is 5.67. The van der Waals surface area contributed by atoms with Gasteiger partial charge in [0, 0.05) is 31.7 Å². The van der Waals surface area contributed by atoms with Crippen LogP contribution >= 0.6 is 0 Å². The van der Waals surface area contributed by atoms with Crippen molar-refractivity contribution in [1.82, 2.24) is 10.2 Å². The zero-order chi connectivity index (χ0) is 27.9. The van der Waals surface area contributed by atoms with Gasteiger partial charge < -0.3 is 19.5 Å². The van der Waals surface area contributed by atoms with Gasteiger partial charge in [-0.1, -0.05) is 48.5 Å². The lowest BCUT2D eigenvalue weighted by Gasteiger charge is -2.30. The summed E-state index contributed by atoms with van der Waals surface area (Å²) in [5.41, 5.74) is 4.60.